The van der Waals surface area contributed by atoms with Gasteiger partial charge in [0.2, 0.25) is 0 Å². The third-order valence-electron chi connectivity index (χ3n) is 1.68. The SMILES string of the molecule is C#CCCCCC#CCCCCCl. The number of unbranched alkanes of at least 4 members (excludes halogenated alkanes) is 5. The van der Waals surface area contributed by atoms with Gasteiger partial charge in [0, 0.05) is 25.1 Å². The van der Waals surface area contributed by atoms with Crippen molar-refractivity contribution in [3.63, 3.8) is 0 Å². The van der Waals surface area contributed by atoms with Crippen molar-refractivity contribution in [3.8, 4) is 24.2 Å². The lowest BCUT2D eigenvalue weighted by Gasteiger charge is -1.89. The smallest absolute Gasteiger partial charge is 0.0223 e. The first-order valence-corrected chi connectivity index (χ1v) is 5.40. The van der Waals surface area contributed by atoms with Crippen LogP contribution < -0.4 is 0 Å². The Morgan fingerprint density at radius 2 is 1.38 bits per heavy atom. The lowest BCUT2D eigenvalue weighted by Crippen LogP contribution is -1.75. The number of hydrogen-bond donors (Lipinski definition) is 0. The van der Waals surface area contributed by atoms with Crippen LogP contribution in [0.2, 0.25) is 0 Å². The van der Waals surface area contributed by atoms with Crippen LogP contribution in [0.25, 0.3) is 0 Å². The standard InChI is InChI=1S/C12H17Cl/c1-2-3-4-5-6-7-8-9-10-11-12-13/h1H,3-6,9-12H2. The van der Waals surface area contributed by atoms with Crippen molar-refractivity contribution in [1.82, 2.24) is 0 Å². The van der Waals surface area contributed by atoms with Crippen LogP contribution in [0.1, 0.15) is 44.9 Å². The third-order valence-corrected chi connectivity index (χ3v) is 1.95. The third kappa shape index (κ3) is 11.4. The summed E-state index contributed by atoms with van der Waals surface area (Å²) in [5.41, 5.74) is 0. The van der Waals surface area contributed by atoms with E-state index >= 15 is 0 Å². The van der Waals surface area contributed by atoms with Gasteiger partial charge >= 0.3 is 0 Å². The van der Waals surface area contributed by atoms with Crippen molar-refractivity contribution in [2.24, 2.45) is 0 Å². The molecule has 0 spiro atoms. The van der Waals surface area contributed by atoms with Crippen molar-refractivity contribution in [2.75, 3.05) is 5.88 Å². The Bertz CT molecular complexity index is 189. The van der Waals surface area contributed by atoms with Crippen LogP contribution in [-0.4, -0.2) is 5.88 Å². The molecule has 0 amide bonds. The van der Waals surface area contributed by atoms with E-state index in [9.17, 15) is 0 Å². The summed E-state index contributed by atoms with van der Waals surface area (Å²) in [5, 5.41) is 0. The summed E-state index contributed by atoms with van der Waals surface area (Å²) in [6.45, 7) is 0. The summed E-state index contributed by atoms with van der Waals surface area (Å²) in [4.78, 5) is 0. The maximum Gasteiger partial charge on any atom is 0.0223 e. The average molecular weight is 197 g/mol. The fourth-order valence-electron chi connectivity index (χ4n) is 0.925. The van der Waals surface area contributed by atoms with Crippen molar-refractivity contribution in [3.05, 3.63) is 0 Å². The molecule has 0 aliphatic rings. The van der Waals surface area contributed by atoms with E-state index in [-0.39, 0.29) is 0 Å². The predicted octanol–water partition coefficient (Wildman–Crippen LogP) is 3.59. The Hall–Kier alpha value is -0.590. The van der Waals surface area contributed by atoms with Gasteiger partial charge in [-0.25, -0.2) is 0 Å². The minimum absolute atomic E-state index is 0.754. The van der Waals surface area contributed by atoms with Crippen LogP contribution in [0.15, 0.2) is 0 Å². The Labute approximate surface area is 87.1 Å². The maximum absolute atomic E-state index is 5.53. The Morgan fingerprint density at radius 3 is 1.92 bits per heavy atom. The van der Waals surface area contributed by atoms with Gasteiger partial charge in [0.05, 0.1) is 0 Å². The predicted molar refractivity (Wildman–Crippen MR) is 59.6 cm³/mol. The first kappa shape index (κ1) is 12.4. The molecule has 0 bridgehead atoms. The average Bonchev–Trinajstić information content (AvgIpc) is 2.16. The van der Waals surface area contributed by atoms with E-state index in [1.165, 1.54) is 0 Å². The van der Waals surface area contributed by atoms with Crippen molar-refractivity contribution in [1.29, 1.82) is 0 Å². The van der Waals surface area contributed by atoms with E-state index in [2.05, 4.69) is 17.8 Å². The highest BCUT2D eigenvalue weighted by Gasteiger charge is 1.83. The highest BCUT2D eigenvalue weighted by Crippen LogP contribution is 1.98. The first-order valence-electron chi connectivity index (χ1n) is 4.87. The molecule has 0 rings (SSSR count). The van der Waals surface area contributed by atoms with E-state index in [0.717, 1.165) is 50.8 Å². The largest absolute Gasteiger partial charge is 0.127 e. The molecule has 0 unspecified atom stereocenters. The molecule has 0 atom stereocenters. The molecule has 0 aromatic rings. The van der Waals surface area contributed by atoms with Crippen LogP contribution in [0.4, 0.5) is 0 Å². The molecule has 13 heavy (non-hydrogen) atoms. The molecular formula is C12H17Cl. The zero-order valence-corrected chi connectivity index (χ0v) is 8.87. The van der Waals surface area contributed by atoms with E-state index in [1.807, 2.05) is 0 Å². The second-order valence-corrected chi connectivity index (χ2v) is 3.29. The fraction of sp³-hybridized carbons (Fsp3) is 0.667. The summed E-state index contributed by atoms with van der Waals surface area (Å²) in [6, 6.07) is 0. The minimum atomic E-state index is 0.754. The molecule has 0 aliphatic heterocycles. The highest BCUT2D eigenvalue weighted by atomic mass is 35.5. The Balaban J connectivity index is 3.07. The van der Waals surface area contributed by atoms with Crippen LogP contribution in [0, 0.1) is 24.2 Å². The molecule has 0 saturated heterocycles. The quantitative estimate of drug-likeness (QED) is 0.346. The molecule has 0 saturated carbocycles. The van der Waals surface area contributed by atoms with Gasteiger partial charge in [-0.2, -0.15) is 0 Å². The second-order valence-electron chi connectivity index (χ2n) is 2.91. The molecule has 0 aromatic carbocycles. The van der Waals surface area contributed by atoms with E-state index in [1.54, 1.807) is 0 Å². The van der Waals surface area contributed by atoms with Crippen LogP contribution >= 0.6 is 11.6 Å². The molecule has 0 nitrogen and oxygen atoms in total. The molecule has 0 radical (unpaired) electrons. The summed E-state index contributed by atoms with van der Waals surface area (Å²) in [7, 11) is 0. The molecule has 0 heterocycles. The highest BCUT2D eigenvalue weighted by molar-refractivity contribution is 6.17. The van der Waals surface area contributed by atoms with E-state index in [4.69, 9.17) is 18.0 Å². The summed E-state index contributed by atoms with van der Waals surface area (Å²) < 4.78 is 0. The van der Waals surface area contributed by atoms with Gasteiger partial charge in [0.1, 0.15) is 0 Å². The normalized spacial score (nSPS) is 8.62. The van der Waals surface area contributed by atoms with Gasteiger partial charge in [-0.3, -0.25) is 0 Å². The lowest BCUT2D eigenvalue weighted by atomic mass is 10.2. The number of rotatable bonds is 6. The summed E-state index contributed by atoms with van der Waals surface area (Å²) in [6.07, 6.45) is 12.4. The molecule has 72 valence electrons. The monoisotopic (exact) mass is 196 g/mol. The minimum Gasteiger partial charge on any atom is -0.127 e. The number of alkyl halides is 1. The molecule has 0 fully saturated rings. The lowest BCUT2D eigenvalue weighted by molar-refractivity contribution is 0.780. The second kappa shape index (κ2) is 11.4. The summed E-state index contributed by atoms with van der Waals surface area (Å²) >= 11 is 5.53. The van der Waals surface area contributed by atoms with Crippen molar-refractivity contribution < 1.29 is 0 Å². The van der Waals surface area contributed by atoms with Crippen LogP contribution in [-0.2, 0) is 0 Å². The van der Waals surface area contributed by atoms with E-state index in [0.29, 0.717) is 0 Å². The number of terminal acetylenes is 1. The first-order chi connectivity index (χ1) is 6.41. The van der Waals surface area contributed by atoms with Crippen molar-refractivity contribution in [2.45, 2.75) is 44.9 Å². The topological polar surface area (TPSA) is 0 Å². The van der Waals surface area contributed by atoms with Gasteiger partial charge < -0.3 is 0 Å². The zero-order chi connectivity index (χ0) is 9.78. The Morgan fingerprint density at radius 1 is 0.846 bits per heavy atom. The van der Waals surface area contributed by atoms with Crippen LogP contribution in [0.5, 0.6) is 0 Å². The molecule has 1 heteroatoms. The molecule has 0 aliphatic carbocycles. The molecule has 0 aromatic heterocycles. The molecule has 0 N–H and O–H groups in total. The van der Waals surface area contributed by atoms with Crippen LogP contribution in [0.3, 0.4) is 0 Å². The van der Waals surface area contributed by atoms with E-state index < -0.39 is 0 Å². The van der Waals surface area contributed by atoms with Gasteiger partial charge in [-0.15, -0.1) is 35.8 Å². The maximum atomic E-state index is 5.53. The van der Waals surface area contributed by atoms with Gasteiger partial charge in [-0.1, -0.05) is 0 Å². The van der Waals surface area contributed by atoms with Gasteiger partial charge in [0.15, 0.2) is 0 Å². The Kier molecular flexibility index (Phi) is 10.9. The number of halogens is 1. The van der Waals surface area contributed by atoms with Gasteiger partial charge in [0.25, 0.3) is 0 Å². The fourth-order valence-corrected chi connectivity index (χ4v) is 1.11. The van der Waals surface area contributed by atoms with Gasteiger partial charge in [-0.05, 0) is 25.7 Å². The summed E-state index contributed by atoms with van der Waals surface area (Å²) in [5.74, 6) is 9.66. The van der Waals surface area contributed by atoms with Crippen molar-refractivity contribution >= 4 is 11.6 Å². The molecular weight excluding hydrogens is 180 g/mol. The number of hydrogen-bond acceptors (Lipinski definition) is 0. The zero-order valence-electron chi connectivity index (χ0n) is 8.11.